The molecule has 0 aromatic heterocycles. The molecule has 1 aliphatic heterocycles. The van der Waals surface area contributed by atoms with Crippen LogP contribution in [0.25, 0.3) is 0 Å². The van der Waals surface area contributed by atoms with Gasteiger partial charge in [0.15, 0.2) is 0 Å². The molecule has 7 nitrogen and oxygen atoms in total. The van der Waals surface area contributed by atoms with Gasteiger partial charge in [0.05, 0.1) is 13.7 Å². The van der Waals surface area contributed by atoms with Gasteiger partial charge in [-0.25, -0.2) is 4.79 Å². The summed E-state index contributed by atoms with van der Waals surface area (Å²) >= 11 is 0. The summed E-state index contributed by atoms with van der Waals surface area (Å²) in [5.41, 5.74) is 2.74. The van der Waals surface area contributed by atoms with Gasteiger partial charge < -0.3 is 20.3 Å². The summed E-state index contributed by atoms with van der Waals surface area (Å²) in [6.45, 7) is 4.41. The molecular formula is C22H28N4O3. The second kappa shape index (κ2) is 9.43. The molecule has 2 aromatic carbocycles. The fraction of sp³-hybridized carbons (Fsp3) is 0.364. The number of ether oxygens (including phenoxy) is 1. The topological polar surface area (TPSA) is 73.9 Å². The van der Waals surface area contributed by atoms with Crippen LogP contribution in [-0.4, -0.2) is 55.0 Å². The number of hydrogen-bond acceptors (Lipinski definition) is 4. The molecule has 1 aliphatic rings. The summed E-state index contributed by atoms with van der Waals surface area (Å²) < 4.78 is 5.12. The first-order valence-corrected chi connectivity index (χ1v) is 9.69. The Bertz CT molecular complexity index is 836. The zero-order chi connectivity index (χ0) is 20.8. The number of nitrogens with zero attached hydrogens (tertiary/aromatic N) is 2. The van der Waals surface area contributed by atoms with Crippen molar-refractivity contribution in [2.45, 2.75) is 26.1 Å². The summed E-state index contributed by atoms with van der Waals surface area (Å²) in [6.07, 6.45) is 0. The minimum absolute atomic E-state index is 0.145. The van der Waals surface area contributed by atoms with Crippen LogP contribution in [0.2, 0.25) is 0 Å². The van der Waals surface area contributed by atoms with Crippen LogP contribution in [0.15, 0.2) is 48.5 Å². The van der Waals surface area contributed by atoms with E-state index in [-0.39, 0.29) is 18.0 Å². The minimum atomic E-state index is -0.267. The molecule has 1 unspecified atom stereocenters. The molecule has 1 saturated heterocycles. The van der Waals surface area contributed by atoms with Gasteiger partial charge in [0.25, 0.3) is 0 Å². The average molecular weight is 396 g/mol. The van der Waals surface area contributed by atoms with Crippen LogP contribution in [0.1, 0.15) is 18.1 Å². The highest BCUT2D eigenvalue weighted by molar-refractivity contribution is 5.89. The number of urea groups is 1. The predicted molar refractivity (Wildman–Crippen MR) is 113 cm³/mol. The smallest absolute Gasteiger partial charge is 0.319 e. The number of methoxy groups -OCH3 is 1. The number of carbonyl (C=O) groups is 2. The van der Waals surface area contributed by atoms with Crippen LogP contribution >= 0.6 is 0 Å². The molecule has 7 heteroatoms. The second-order valence-corrected chi connectivity index (χ2v) is 7.42. The third-order valence-corrected chi connectivity index (χ3v) is 5.01. The van der Waals surface area contributed by atoms with E-state index < -0.39 is 0 Å². The van der Waals surface area contributed by atoms with Crippen LogP contribution in [0.5, 0.6) is 5.75 Å². The van der Waals surface area contributed by atoms with E-state index >= 15 is 0 Å². The molecule has 2 aromatic rings. The third-order valence-electron chi connectivity index (χ3n) is 5.01. The van der Waals surface area contributed by atoms with E-state index in [2.05, 4.69) is 17.6 Å². The predicted octanol–water partition coefficient (Wildman–Crippen LogP) is 2.68. The molecule has 29 heavy (non-hydrogen) atoms. The molecule has 2 N–H and O–H groups in total. The number of nitrogens with one attached hydrogen (secondary N) is 2. The van der Waals surface area contributed by atoms with Crippen molar-refractivity contribution in [1.29, 1.82) is 0 Å². The Kier molecular flexibility index (Phi) is 6.72. The van der Waals surface area contributed by atoms with Crippen LogP contribution in [0.3, 0.4) is 0 Å². The van der Waals surface area contributed by atoms with Gasteiger partial charge in [-0.15, -0.1) is 0 Å². The molecule has 3 amide bonds. The molecule has 1 heterocycles. The molecule has 1 atom stereocenters. The Balaban J connectivity index is 1.49. The third kappa shape index (κ3) is 5.71. The van der Waals surface area contributed by atoms with Gasteiger partial charge in [-0.3, -0.25) is 9.69 Å². The molecule has 3 rings (SSSR count). The largest absolute Gasteiger partial charge is 0.497 e. The zero-order valence-electron chi connectivity index (χ0n) is 17.1. The highest BCUT2D eigenvalue weighted by Crippen LogP contribution is 2.16. The maximum atomic E-state index is 12.3. The van der Waals surface area contributed by atoms with E-state index in [4.69, 9.17) is 4.74 Å². The van der Waals surface area contributed by atoms with Crippen molar-refractivity contribution in [2.75, 3.05) is 32.6 Å². The highest BCUT2D eigenvalue weighted by Gasteiger charge is 2.27. The fourth-order valence-corrected chi connectivity index (χ4v) is 3.42. The van der Waals surface area contributed by atoms with E-state index in [0.29, 0.717) is 25.3 Å². The molecular weight excluding hydrogens is 368 g/mol. The molecule has 0 bridgehead atoms. The number of amides is 3. The lowest BCUT2D eigenvalue weighted by molar-refractivity contribution is -0.139. The number of hydrogen-bond donors (Lipinski definition) is 2. The van der Waals surface area contributed by atoms with Gasteiger partial charge in [-0.05, 0) is 49.4 Å². The average Bonchev–Trinajstić information content (AvgIpc) is 2.70. The highest BCUT2D eigenvalue weighted by atomic mass is 16.5. The standard InChI is InChI=1S/C22H28N4O3/c1-16-13-25(2)15-21(27)26(16)14-18-4-8-19(9-5-18)24-22(28)23-12-17-6-10-20(29-3)11-7-17/h4-11,16H,12-15H2,1-3H3,(H2,23,24,28). The van der Waals surface area contributed by atoms with Crippen molar-refractivity contribution >= 4 is 17.6 Å². The van der Waals surface area contributed by atoms with Gasteiger partial charge in [0, 0.05) is 31.4 Å². The van der Waals surface area contributed by atoms with E-state index in [0.717, 1.165) is 23.4 Å². The van der Waals surface area contributed by atoms with Crippen LogP contribution in [0, 0.1) is 0 Å². The zero-order valence-corrected chi connectivity index (χ0v) is 17.1. The van der Waals surface area contributed by atoms with E-state index in [9.17, 15) is 9.59 Å². The summed E-state index contributed by atoms with van der Waals surface area (Å²) in [4.78, 5) is 28.3. The van der Waals surface area contributed by atoms with Gasteiger partial charge in [-0.2, -0.15) is 0 Å². The lowest BCUT2D eigenvalue weighted by atomic mass is 10.1. The quantitative estimate of drug-likeness (QED) is 0.787. The first kappa shape index (κ1) is 20.7. The van der Waals surface area contributed by atoms with Gasteiger partial charge >= 0.3 is 6.03 Å². The molecule has 0 saturated carbocycles. The van der Waals surface area contributed by atoms with Crippen molar-refractivity contribution < 1.29 is 14.3 Å². The van der Waals surface area contributed by atoms with Crippen LogP contribution in [-0.2, 0) is 17.9 Å². The summed E-state index contributed by atoms with van der Waals surface area (Å²) in [6, 6.07) is 15.1. The van der Waals surface area contributed by atoms with Gasteiger partial charge in [0.1, 0.15) is 5.75 Å². The first-order chi connectivity index (χ1) is 13.9. The Labute approximate surface area is 171 Å². The summed E-state index contributed by atoms with van der Waals surface area (Å²) in [7, 11) is 3.58. The van der Waals surface area contributed by atoms with Crippen molar-refractivity contribution in [3.8, 4) is 5.75 Å². The van der Waals surface area contributed by atoms with Gasteiger partial charge in [-0.1, -0.05) is 24.3 Å². The van der Waals surface area contributed by atoms with Crippen molar-refractivity contribution in [3.05, 3.63) is 59.7 Å². The Morgan fingerprint density at radius 2 is 1.76 bits per heavy atom. The molecule has 0 spiro atoms. The fourth-order valence-electron chi connectivity index (χ4n) is 3.42. The number of carbonyl (C=O) groups excluding carboxylic acids is 2. The number of rotatable bonds is 6. The summed E-state index contributed by atoms with van der Waals surface area (Å²) in [5.74, 6) is 0.928. The van der Waals surface area contributed by atoms with Crippen molar-refractivity contribution in [3.63, 3.8) is 0 Å². The van der Waals surface area contributed by atoms with Crippen molar-refractivity contribution in [2.24, 2.45) is 0 Å². The first-order valence-electron chi connectivity index (χ1n) is 9.69. The normalized spacial score (nSPS) is 17.1. The molecule has 1 fully saturated rings. The van der Waals surface area contributed by atoms with E-state index in [1.165, 1.54) is 0 Å². The lowest BCUT2D eigenvalue weighted by Gasteiger charge is -2.38. The number of piperazine rings is 1. The Morgan fingerprint density at radius 1 is 1.10 bits per heavy atom. The maximum absolute atomic E-state index is 12.3. The number of benzene rings is 2. The van der Waals surface area contributed by atoms with E-state index in [1.54, 1.807) is 7.11 Å². The van der Waals surface area contributed by atoms with Crippen molar-refractivity contribution in [1.82, 2.24) is 15.1 Å². The Hall–Kier alpha value is -3.06. The SMILES string of the molecule is COc1ccc(CNC(=O)Nc2ccc(CN3C(=O)CN(C)CC3C)cc2)cc1. The minimum Gasteiger partial charge on any atom is -0.497 e. The van der Waals surface area contributed by atoms with Crippen LogP contribution in [0.4, 0.5) is 10.5 Å². The molecule has 0 radical (unpaired) electrons. The lowest BCUT2D eigenvalue weighted by Crippen LogP contribution is -2.53. The number of likely N-dealkylation sites (N-methyl/N-ethyl adjacent to an activating group) is 1. The Morgan fingerprint density at radius 3 is 2.38 bits per heavy atom. The van der Waals surface area contributed by atoms with Crippen LogP contribution < -0.4 is 15.4 Å². The maximum Gasteiger partial charge on any atom is 0.319 e. The van der Waals surface area contributed by atoms with Gasteiger partial charge in [0.2, 0.25) is 5.91 Å². The van der Waals surface area contributed by atoms with E-state index in [1.807, 2.05) is 65.4 Å². The number of anilines is 1. The molecule has 154 valence electrons. The molecule has 0 aliphatic carbocycles. The monoisotopic (exact) mass is 396 g/mol. The summed E-state index contributed by atoms with van der Waals surface area (Å²) in [5, 5.41) is 5.66. The second-order valence-electron chi connectivity index (χ2n) is 7.42.